The molecule has 0 saturated heterocycles. The molecule has 0 N–H and O–H groups in total. The van der Waals surface area contributed by atoms with Crippen molar-refractivity contribution in [2.24, 2.45) is 11.3 Å². The summed E-state index contributed by atoms with van der Waals surface area (Å²) in [6, 6.07) is 0. The molecule has 0 bridgehead atoms. The van der Waals surface area contributed by atoms with Crippen molar-refractivity contribution in [3.63, 3.8) is 0 Å². The fourth-order valence-electron chi connectivity index (χ4n) is 1.82. The van der Waals surface area contributed by atoms with E-state index in [0.717, 1.165) is 5.92 Å². The molecule has 1 rings (SSSR count). The first-order valence-corrected chi connectivity index (χ1v) is 4.59. The zero-order chi connectivity index (χ0) is 8.48. The van der Waals surface area contributed by atoms with Crippen molar-refractivity contribution in [1.29, 1.82) is 0 Å². The first-order valence-electron chi connectivity index (χ1n) is 4.59. The highest BCUT2D eigenvalue weighted by Gasteiger charge is 2.33. The van der Waals surface area contributed by atoms with Gasteiger partial charge in [0.05, 0.1) is 6.10 Å². The Hall–Kier alpha value is -0.0400. The predicted molar refractivity (Wildman–Crippen MR) is 47.6 cm³/mol. The zero-order valence-electron chi connectivity index (χ0n) is 8.18. The molecule has 11 heavy (non-hydrogen) atoms. The largest absolute Gasteiger partial charge is 0.381 e. The maximum absolute atomic E-state index is 5.35. The van der Waals surface area contributed by atoms with Gasteiger partial charge in [-0.1, -0.05) is 20.8 Å². The first-order chi connectivity index (χ1) is 5.06. The van der Waals surface area contributed by atoms with Crippen LogP contribution in [0.3, 0.4) is 0 Å². The molecule has 0 radical (unpaired) electrons. The van der Waals surface area contributed by atoms with Gasteiger partial charge in [-0.25, -0.2) is 0 Å². The van der Waals surface area contributed by atoms with Gasteiger partial charge in [0, 0.05) is 7.11 Å². The van der Waals surface area contributed by atoms with Crippen LogP contribution in [0.1, 0.15) is 40.0 Å². The summed E-state index contributed by atoms with van der Waals surface area (Å²) in [5, 5.41) is 0. The van der Waals surface area contributed by atoms with Crippen molar-refractivity contribution in [3.8, 4) is 0 Å². The van der Waals surface area contributed by atoms with Crippen LogP contribution in [0.4, 0.5) is 0 Å². The molecule has 0 aromatic heterocycles. The molecular weight excluding hydrogens is 136 g/mol. The van der Waals surface area contributed by atoms with E-state index in [9.17, 15) is 0 Å². The van der Waals surface area contributed by atoms with Crippen LogP contribution in [0.5, 0.6) is 0 Å². The minimum absolute atomic E-state index is 0.526. The Morgan fingerprint density at radius 3 is 2.45 bits per heavy atom. The minimum Gasteiger partial charge on any atom is -0.381 e. The van der Waals surface area contributed by atoms with Gasteiger partial charge in [0.2, 0.25) is 0 Å². The maximum Gasteiger partial charge on any atom is 0.0574 e. The summed E-state index contributed by atoms with van der Waals surface area (Å²) in [5.41, 5.74) is 0.537. The summed E-state index contributed by atoms with van der Waals surface area (Å²) < 4.78 is 5.35. The van der Waals surface area contributed by atoms with Crippen molar-refractivity contribution < 1.29 is 4.74 Å². The van der Waals surface area contributed by atoms with E-state index in [2.05, 4.69) is 20.8 Å². The normalized spacial score (nSPS) is 37.1. The summed E-state index contributed by atoms with van der Waals surface area (Å²) in [6.45, 7) is 7.07. The standard InChI is InChI=1S/C10H20O/c1-8-7-9(11-4)5-6-10(8,2)3/h8-9H,5-7H2,1-4H3. The lowest BCUT2D eigenvalue weighted by molar-refractivity contribution is 0.00577. The average molecular weight is 156 g/mol. The van der Waals surface area contributed by atoms with E-state index in [4.69, 9.17) is 4.74 Å². The molecule has 0 amide bonds. The van der Waals surface area contributed by atoms with Crippen molar-refractivity contribution in [1.82, 2.24) is 0 Å². The van der Waals surface area contributed by atoms with E-state index in [1.54, 1.807) is 0 Å². The Morgan fingerprint density at radius 2 is 2.00 bits per heavy atom. The molecule has 0 aromatic rings. The summed E-state index contributed by atoms with van der Waals surface area (Å²) in [5.74, 6) is 0.807. The van der Waals surface area contributed by atoms with Crippen LogP contribution in [-0.4, -0.2) is 13.2 Å². The van der Waals surface area contributed by atoms with E-state index >= 15 is 0 Å². The number of rotatable bonds is 1. The van der Waals surface area contributed by atoms with Crippen molar-refractivity contribution in [2.75, 3.05) is 7.11 Å². The molecule has 1 heteroatoms. The van der Waals surface area contributed by atoms with Gasteiger partial charge in [-0.05, 0) is 30.6 Å². The lowest BCUT2D eigenvalue weighted by Crippen LogP contribution is -2.33. The Morgan fingerprint density at radius 1 is 1.36 bits per heavy atom. The molecule has 2 atom stereocenters. The Bertz CT molecular complexity index is 129. The van der Waals surface area contributed by atoms with Crippen LogP contribution in [0.15, 0.2) is 0 Å². The molecule has 1 aliphatic rings. The summed E-state index contributed by atoms with van der Waals surface area (Å²) >= 11 is 0. The van der Waals surface area contributed by atoms with Gasteiger partial charge in [0.1, 0.15) is 0 Å². The fraction of sp³-hybridized carbons (Fsp3) is 1.00. The van der Waals surface area contributed by atoms with Gasteiger partial charge in [-0.2, -0.15) is 0 Å². The van der Waals surface area contributed by atoms with Crippen LogP contribution >= 0.6 is 0 Å². The molecule has 1 saturated carbocycles. The van der Waals surface area contributed by atoms with Crippen molar-refractivity contribution in [2.45, 2.75) is 46.1 Å². The zero-order valence-corrected chi connectivity index (χ0v) is 8.18. The van der Waals surface area contributed by atoms with E-state index in [0.29, 0.717) is 11.5 Å². The summed E-state index contributed by atoms with van der Waals surface area (Å²) in [4.78, 5) is 0. The smallest absolute Gasteiger partial charge is 0.0574 e. The topological polar surface area (TPSA) is 9.23 Å². The lowest BCUT2D eigenvalue weighted by atomic mass is 9.69. The van der Waals surface area contributed by atoms with Crippen LogP contribution in [0.2, 0.25) is 0 Å². The summed E-state index contributed by atoms with van der Waals surface area (Å²) in [7, 11) is 1.83. The quantitative estimate of drug-likeness (QED) is 0.567. The van der Waals surface area contributed by atoms with Gasteiger partial charge in [0.15, 0.2) is 0 Å². The molecule has 0 spiro atoms. The lowest BCUT2D eigenvalue weighted by Gasteiger charge is -2.39. The van der Waals surface area contributed by atoms with Crippen LogP contribution < -0.4 is 0 Å². The van der Waals surface area contributed by atoms with E-state index in [1.807, 2.05) is 7.11 Å². The molecule has 1 aliphatic carbocycles. The highest BCUT2D eigenvalue weighted by Crippen LogP contribution is 2.40. The molecule has 1 nitrogen and oxygen atoms in total. The Kier molecular flexibility index (Phi) is 2.58. The maximum atomic E-state index is 5.35. The molecule has 66 valence electrons. The van der Waals surface area contributed by atoms with Gasteiger partial charge >= 0.3 is 0 Å². The number of ether oxygens (including phenoxy) is 1. The minimum atomic E-state index is 0.526. The van der Waals surface area contributed by atoms with Gasteiger partial charge in [-0.15, -0.1) is 0 Å². The highest BCUT2D eigenvalue weighted by molar-refractivity contribution is 4.84. The second kappa shape index (κ2) is 3.14. The fourth-order valence-corrected chi connectivity index (χ4v) is 1.82. The number of hydrogen-bond donors (Lipinski definition) is 0. The molecule has 2 unspecified atom stereocenters. The van der Waals surface area contributed by atoms with E-state index in [1.165, 1.54) is 19.3 Å². The Labute approximate surface area is 70.1 Å². The molecule has 0 heterocycles. The van der Waals surface area contributed by atoms with Crippen LogP contribution in [-0.2, 0) is 4.74 Å². The van der Waals surface area contributed by atoms with Gasteiger partial charge in [-0.3, -0.25) is 0 Å². The second-order valence-corrected chi connectivity index (χ2v) is 4.52. The second-order valence-electron chi connectivity index (χ2n) is 4.52. The highest BCUT2D eigenvalue weighted by atomic mass is 16.5. The van der Waals surface area contributed by atoms with Gasteiger partial charge < -0.3 is 4.74 Å². The van der Waals surface area contributed by atoms with Crippen molar-refractivity contribution in [3.05, 3.63) is 0 Å². The molecular formula is C10H20O. The van der Waals surface area contributed by atoms with Crippen molar-refractivity contribution >= 4 is 0 Å². The number of methoxy groups -OCH3 is 1. The van der Waals surface area contributed by atoms with Crippen LogP contribution in [0, 0.1) is 11.3 Å². The summed E-state index contributed by atoms with van der Waals surface area (Å²) in [6.07, 6.45) is 4.32. The van der Waals surface area contributed by atoms with Gasteiger partial charge in [0.25, 0.3) is 0 Å². The van der Waals surface area contributed by atoms with Crippen LogP contribution in [0.25, 0.3) is 0 Å². The Balaban J connectivity index is 2.48. The van der Waals surface area contributed by atoms with E-state index < -0.39 is 0 Å². The molecule has 1 fully saturated rings. The average Bonchev–Trinajstić information content (AvgIpc) is 1.95. The molecule has 0 aromatic carbocycles. The molecule has 0 aliphatic heterocycles. The third kappa shape index (κ3) is 1.96. The predicted octanol–water partition coefficient (Wildman–Crippen LogP) is 2.85. The first kappa shape index (κ1) is 9.05. The monoisotopic (exact) mass is 156 g/mol. The SMILES string of the molecule is COC1CCC(C)(C)C(C)C1. The number of hydrogen-bond acceptors (Lipinski definition) is 1. The third-order valence-electron chi connectivity index (χ3n) is 3.39. The van der Waals surface area contributed by atoms with E-state index in [-0.39, 0.29) is 0 Å². The third-order valence-corrected chi connectivity index (χ3v) is 3.39.